The van der Waals surface area contributed by atoms with Crippen LogP contribution in [0.25, 0.3) is 0 Å². The molecule has 0 bridgehead atoms. The standard InChI is InChI=1S/C15H21ClN2O/c16-13-5-3-4-12(10-13)6-9-18-14(19)11-15(17)7-1-2-8-15/h3-5,10H,1-2,6-9,11,17H2,(H,18,19). The van der Waals surface area contributed by atoms with E-state index in [0.29, 0.717) is 13.0 Å². The third-order valence-corrected chi connectivity index (χ3v) is 3.97. The van der Waals surface area contributed by atoms with E-state index in [1.54, 1.807) is 0 Å². The first kappa shape index (κ1) is 14.4. The van der Waals surface area contributed by atoms with Gasteiger partial charge in [-0.3, -0.25) is 4.79 Å². The first-order valence-electron chi connectivity index (χ1n) is 6.87. The summed E-state index contributed by atoms with van der Waals surface area (Å²) in [5, 5.41) is 3.67. The first-order valence-corrected chi connectivity index (χ1v) is 7.25. The van der Waals surface area contributed by atoms with Crippen molar-refractivity contribution in [1.82, 2.24) is 5.32 Å². The summed E-state index contributed by atoms with van der Waals surface area (Å²) in [5.74, 6) is 0.0615. The zero-order valence-corrected chi connectivity index (χ0v) is 11.9. The van der Waals surface area contributed by atoms with Crippen molar-refractivity contribution in [1.29, 1.82) is 0 Å². The van der Waals surface area contributed by atoms with Crippen molar-refractivity contribution in [3.05, 3.63) is 34.9 Å². The minimum atomic E-state index is -0.264. The number of amides is 1. The zero-order valence-electron chi connectivity index (χ0n) is 11.1. The fourth-order valence-electron chi connectivity index (χ4n) is 2.68. The van der Waals surface area contributed by atoms with Crippen LogP contribution in [-0.4, -0.2) is 18.0 Å². The normalized spacial score (nSPS) is 17.4. The van der Waals surface area contributed by atoms with Gasteiger partial charge in [0.2, 0.25) is 5.91 Å². The predicted molar refractivity (Wildman–Crippen MR) is 78.2 cm³/mol. The molecule has 0 aliphatic heterocycles. The van der Waals surface area contributed by atoms with Crippen molar-refractivity contribution >= 4 is 17.5 Å². The highest BCUT2D eigenvalue weighted by Gasteiger charge is 2.31. The molecule has 19 heavy (non-hydrogen) atoms. The van der Waals surface area contributed by atoms with E-state index in [4.69, 9.17) is 17.3 Å². The van der Waals surface area contributed by atoms with Gasteiger partial charge in [-0.25, -0.2) is 0 Å². The first-order chi connectivity index (χ1) is 9.07. The van der Waals surface area contributed by atoms with E-state index < -0.39 is 0 Å². The van der Waals surface area contributed by atoms with Gasteiger partial charge >= 0.3 is 0 Å². The summed E-state index contributed by atoms with van der Waals surface area (Å²) in [7, 11) is 0. The third-order valence-electron chi connectivity index (χ3n) is 3.74. The van der Waals surface area contributed by atoms with Crippen molar-refractivity contribution in [3.8, 4) is 0 Å². The maximum Gasteiger partial charge on any atom is 0.221 e. The van der Waals surface area contributed by atoms with E-state index in [1.807, 2.05) is 24.3 Å². The molecule has 0 saturated heterocycles. The number of carbonyl (C=O) groups excluding carboxylic acids is 1. The molecule has 2 rings (SSSR count). The highest BCUT2D eigenvalue weighted by molar-refractivity contribution is 6.30. The van der Waals surface area contributed by atoms with E-state index in [-0.39, 0.29) is 11.4 Å². The van der Waals surface area contributed by atoms with Crippen LogP contribution >= 0.6 is 11.6 Å². The summed E-state index contributed by atoms with van der Waals surface area (Å²) in [6.07, 6.45) is 5.47. The summed E-state index contributed by atoms with van der Waals surface area (Å²) in [6, 6.07) is 7.71. The highest BCUT2D eigenvalue weighted by atomic mass is 35.5. The SMILES string of the molecule is NC1(CC(=O)NCCc2cccc(Cl)c2)CCCC1. The molecular formula is C15H21ClN2O. The molecule has 0 unspecified atom stereocenters. The Kier molecular flexibility index (Phi) is 4.83. The second-order valence-electron chi connectivity index (χ2n) is 5.48. The molecule has 4 heteroatoms. The molecule has 3 N–H and O–H groups in total. The van der Waals surface area contributed by atoms with Crippen LogP contribution in [0.3, 0.4) is 0 Å². The lowest BCUT2D eigenvalue weighted by Gasteiger charge is -2.22. The molecule has 0 spiro atoms. The smallest absolute Gasteiger partial charge is 0.221 e. The van der Waals surface area contributed by atoms with Gasteiger partial charge in [0.05, 0.1) is 0 Å². The number of halogens is 1. The molecule has 1 aromatic carbocycles. The summed E-state index contributed by atoms with van der Waals surface area (Å²) in [6.45, 7) is 0.634. The van der Waals surface area contributed by atoms with Gasteiger partial charge in [0, 0.05) is 23.5 Å². The maximum atomic E-state index is 11.8. The predicted octanol–water partition coefficient (Wildman–Crippen LogP) is 2.66. The summed E-state index contributed by atoms with van der Waals surface area (Å²) >= 11 is 5.91. The van der Waals surface area contributed by atoms with E-state index in [2.05, 4.69) is 5.32 Å². The molecular weight excluding hydrogens is 260 g/mol. The topological polar surface area (TPSA) is 55.1 Å². The van der Waals surface area contributed by atoms with Gasteiger partial charge in [-0.05, 0) is 37.0 Å². The Morgan fingerprint density at radius 1 is 1.37 bits per heavy atom. The molecule has 1 saturated carbocycles. The zero-order chi connectivity index (χ0) is 13.7. The summed E-state index contributed by atoms with van der Waals surface area (Å²) < 4.78 is 0. The minimum Gasteiger partial charge on any atom is -0.356 e. The molecule has 0 heterocycles. The number of hydrogen-bond donors (Lipinski definition) is 2. The summed E-state index contributed by atoms with van der Waals surface area (Å²) in [4.78, 5) is 11.8. The van der Waals surface area contributed by atoms with Crippen LogP contribution in [0.4, 0.5) is 0 Å². The van der Waals surface area contributed by atoms with Crippen LogP contribution in [0.5, 0.6) is 0 Å². The molecule has 3 nitrogen and oxygen atoms in total. The van der Waals surface area contributed by atoms with Crippen molar-refractivity contribution in [2.75, 3.05) is 6.54 Å². The average molecular weight is 281 g/mol. The molecule has 1 amide bonds. The van der Waals surface area contributed by atoms with Crippen LogP contribution in [-0.2, 0) is 11.2 Å². The lowest BCUT2D eigenvalue weighted by molar-refractivity contribution is -0.122. The van der Waals surface area contributed by atoms with Crippen molar-refractivity contribution in [2.45, 2.75) is 44.1 Å². The van der Waals surface area contributed by atoms with Crippen molar-refractivity contribution in [3.63, 3.8) is 0 Å². The Balaban J connectivity index is 1.72. The largest absolute Gasteiger partial charge is 0.356 e. The molecule has 1 fully saturated rings. The quantitative estimate of drug-likeness (QED) is 0.871. The lowest BCUT2D eigenvalue weighted by atomic mass is 9.94. The van der Waals surface area contributed by atoms with E-state index in [9.17, 15) is 4.79 Å². The maximum absolute atomic E-state index is 11.8. The van der Waals surface area contributed by atoms with Crippen LogP contribution < -0.4 is 11.1 Å². The van der Waals surface area contributed by atoms with Crippen LogP contribution in [0, 0.1) is 0 Å². The van der Waals surface area contributed by atoms with E-state index in [0.717, 1.165) is 42.7 Å². The van der Waals surface area contributed by atoms with Gasteiger partial charge in [0.15, 0.2) is 0 Å². The Bertz CT molecular complexity index is 442. The Hall–Kier alpha value is -1.06. The van der Waals surface area contributed by atoms with E-state index >= 15 is 0 Å². The summed E-state index contributed by atoms with van der Waals surface area (Å²) in [5.41, 5.74) is 7.06. The third kappa shape index (κ3) is 4.51. The average Bonchev–Trinajstić information content (AvgIpc) is 2.75. The molecule has 104 valence electrons. The van der Waals surface area contributed by atoms with Crippen molar-refractivity contribution in [2.24, 2.45) is 5.73 Å². The van der Waals surface area contributed by atoms with Crippen LogP contribution in [0.2, 0.25) is 5.02 Å². The van der Waals surface area contributed by atoms with E-state index in [1.165, 1.54) is 0 Å². The van der Waals surface area contributed by atoms with Gasteiger partial charge < -0.3 is 11.1 Å². The highest BCUT2D eigenvalue weighted by Crippen LogP contribution is 2.29. The van der Waals surface area contributed by atoms with Gasteiger partial charge in [0.25, 0.3) is 0 Å². The van der Waals surface area contributed by atoms with Gasteiger partial charge in [0.1, 0.15) is 0 Å². The van der Waals surface area contributed by atoms with Gasteiger partial charge in [-0.2, -0.15) is 0 Å². The number of rotatable bonds is 5. The number of carbonyl (C=O) groups is 1. The van der Waals surface area contributed by atoms with Gasteiger partial charge in [-0.1, -0.05) is 36.6 Å². The van der Waals surface area contributed by atoms with Gasteiger partial charge in [-0.15, -0.1) is 0 Å². The minimum absolute atomic E-state index is 0.0615. The molecule has 0 radical (unpaired) electrons. The molecule has 1 aliphatic rings. The molecule has 0 atom stereocenters. The number of benzene rings is 1. The monoisotopic (exact) mass is 280 g/mol. The molecule has 1 aromatic rings. The second kappa shape index (κ2) is 6.40. The number of nitrogens with two attached hydrogens (primary N) is 1. The van der Waals surface area contributed by atoms with Crippen LogP contribution in [0.1, 0.15) is 37.7 Å². The second-order valence-corrected chi connectivity index (χ2v) is 5.91. The number of hydrogen-bond acceptors (Lipinski definition) is 2. The number of nitrogens with one attached hydrogen (secondary N) is 1. The Labute approximate surface area is 119 Å². The Morgan fingerprint density at radius 3 is 2.79 bits per heavy atom. The Morgan fingerprint density at radius 2 is 2.11 bits per heavy atom. The lowest BCUT2D eigenvalue weighted by Crippen LogP contribution is -2.42. The van der Waals surface area contributed by atoms with Crippen LogP contribution in [0.15, 0.2) is 24.3 Å². The fourth-order valence-corrected chi connectivity index (χ4v) is 2.89. The fraction of sp³-hybridized carbons (Fsp3) is 0.533. The molecule has 0 aromatic heterocycles. The molecule has 1 aliphatic carbocycles. The van der Waals surface area contributed by atoms with Crippen molar-refractivity contribution < 1.29 is 4.79 Å².